The first kappa shape index (κ1) is 9.13. The molecule has 3 nitrogen and oxygen atoms in total. The largest absolute Gasteiger partial charge is 0.376 e. The Balaban J connectivity index is 1.63. The third-order valence-corrected chi connectivity index (χ3v) is 3.81. The fourth-order valence-corrected chi connectivity index (χ4v) is 2.88. The zero-order valence-corrected chi connectivity index (χ0v) is 8.74. The Labute approximate surface area is 85.8 Å². The smallest absolute Gasteiger partial charge is 0.0759 e. The Kier molecular flexibility index (Phi) is 2.48. The van der Waals surface area contributed by atoms with Crippen LogP contribution in [-0.2, 0) is 4.74 Å². The highest BCUT2D eigenvalue weighted by Crippen LogP contribution is 2.40. The third-order valence-electron chi connectivity index (χ3n) is 3.81. The van der Waals surface area contributed by atoms with Crippen molar-refractivity contribution in [2.45, 2.75) is 31.4 Å². The molecule has 14 heavy (non-hydrogen) atoms. The summed E-state index contributed by atoms with van der Waals surface area (Å²) in [7, 11) is 0. The van der Waals surface area contributed by atoms with Crippen LogP contribution in [0.3, 0.4) is 0 Å². The average Bonchev–Trinajstić information content (AvgIpc) is 2.98. The molecule has 1 N–H and O–H groups in total. The van der Waals surface area contributed by atoms with Gasteiger partial charge in [0.05, 0.1) is 6.10 Å². The molecule has 0 aromatic rings. The van der Waals surface area contributed by atoms with Crippen molar-refractivity contribution in [1.29, 1.82) is 0 Å². The van der Waals surface area contributed by atoms with Gasteiger partial charge in [0.25, 0.3) is 0 Å². The van der Waals surface area contributed by atoms with Crippen LogP contribution in [0.15, 0.2) is 0 Å². The van der Waals surface area contributed by atoms with Gasteiger partial charge in [0.2, 0.25) is 0 Å². The van der Waals surface area contributed by atoms with E-state index in [0.717, 1.165) is 31.7 Å². The molecule has 0 bridgehead atoms. The Morgan fingerprint density at radius 3 is 2.57 bits per heavy atom. The fraction of sp³-hybridized carbons (Fsp3) is 1.00. The summed E-state index contributed by atoms with van der Waals surface area (Å²) in [6, 6.07) is 0.740. The average molecular weight is 196 g/mol. The molecule has 3 heteroatoms. The highest BCUT2D eigenvalue weighted by Gasteiger charge is 2.42. The predicted octanol–water partition coefficient (Wildman–Crippen LogP) is 0.459. The zero-order chi connectivity index (χ0) is 9.38. The van der Waals surface area contributed by atoms with Crippen molar-refractivity contribution in [2.75, 3.05) is 32.8 Å². The molecule has 1 aliphatic carbocycles. The van der Waals surface area contributed by atoms with Crippen LogP contribution in [0.2, 0.25) is 0 Å². The molecule has 3 aliphatic rings. The summed E-state index contributed by atoms with van der Waals surface area (Å²) >= 11 is 0. The van der Waals surface area contributed by atoms with E-state index in [1.807, 2.05) is 0 Å². The van der Waals surface area contributed by atoms with Gasteiger partial charge in [0, 0.05) is 38.8 Å². The lowest BCUT2D eigenvalue weighted by molar-refractivity contribution is 0.0416. The van der Waals surface area contributed by atoms with Gasteiger partial charge >= 0.3 is 0 Å². The number of hydrogen-bond donors (Lipinski definition) is 1. The summed E-state index contributed by atoms with van der Waals surface area (Å²) < 4.78 is 5.88. The van der Waals surface area contributed by atoms with Crippen molar-refractivity contribution in [1.82, 2.24) is 10.2 Å². The zero-order valence-electron chi connectivity index (χ0n) is 8.74. The molecule has 80 valence electrons. The van der Waals surface area contributed by atoms with Gasteiger partial charge in [-0.15, -0.1) is 0 Å². The molecule has 0 spiro atoms. The first-order chi connectivity index (χ1) is 6.95. The van der Waals surface area contributed by atoms with Crippen molar-refractivity contribution in [3.63, 3.8) is 0 Å². The molecule has 3 rings (SSSR count). The minimum atomic E-state index is 0.577. The van der Waals surface area contributed by atoms with E-state index in [4.69, 9.17) is 4.74 Å². The minimum absolute atomic E-state index is 0.577. The van der Waals surface area contributed by atoms with Gasteiger partial charge in [-0.3, -0.25) is 4.90 Å². The maximum absolute atomic E-state index is 5.88. The highest BCUT2D eigenvalue weighted by atomic mass is 16.5. The first-order valence-corrected chi connectivity index (χ1v) is 6.01. The maximum atomic E-state index is 5.88. The van der Waals surface area contributed by atoms with E-state index in [1.54, 1.807) is 0 Å². The third kappa shape index (κ3) is 1.69. The van der Waals surface area contributed by atoms with Crippen molar-refractivity contribution in [3.05, 3.63) is 0 Å². The van der Waals surface area contributed by atoms with Crippen LogP contribution >= 0.6 is 0 Å². The van der Waals surface area contributed by atoms with Gasteiger partial charge in [-0.2, -0.15) is 0 Å². The molecule has 2 atom stereocenters. The predicted molar refractivity (Wildman–Crippen MR) is 55.3 cm³/mol. The van der Waals surface area contributed by atoms with Crippen LogP contribution in [0.1, 0.15) is 19.3 Å². The second-order valence-electron chi connectivity index (χ2n) is 4.81. The number of nitrogens with one attached hydrogen (secondary N) is 1. The topological polar surface area (TPSA) is 24.5 Å². The van der Waals surface area contributed by atoms with Crippen molar-refractivity contribution in [2.24, 2.45) is 5.92 Å². The Morgan fingerprint density at radius 1 is 1.07 bits per heavy atom. The first-order valence-electron chi connectivity index (χ1n) is 6.01. The quantitative estimate of drug-likeness (QED) is 0.694. The summed E-state index contributed by atoms with van der Waals surface area (Å²) in [6.07, 6.45) is 4.66. The minimum Gasteiger partial charge on any atom is -0.376 e. The Morgan fingerprint density at radius 2 is 1.86 bits per heavy atom. The molecule has 0 radical (unpaired) electrons. The summed E-state index contributed by atoms with van der Waals surface area (Å²) in [5.74, 6) is 0.900. The van der Waals surface area contributed by atoms with E-state index >= 15 is 0 Å². The van der Waals surface area contributed by atoms with Crippen LogP contribution in [0.5, 0.6) is 0 Å². The molecular weight excluding hydrogens is 176 g/mol. The molecule has 2 heterocycles. The van der Waals surface area contributed by atoms with E-state index in [1.165, 1.54) is 32.4 Å². The molecule has 0 aromatic carbocycles. The Hall–Kier alpha value is -0.120. The van der Waals surface area contributed by atoms with Crippen molar-refractivity contribution >= 4 is 0 Å². The summed E-state index contributed by atoms with van der Waals surface area (Å²) in [5, 5.41) is 3.42. The number of nitrogens with zero attached hydrogens (tertiary/aromatic N) is 1. The number of rotatable bonds is 2. The molecule has 0 amide bonds. The van der Waals surface area contributed by atoms with Crippen LogP contribution in [0.4, 0.5) is 0 Å². The maximum Gasteiger partial charge on any atom is 0.0759 e. The molecule has 1 saturated carbocycles. The lowest BCUT2D eigenvalue weighted by atomic mass is 10.0. The van der Waals surface area contributed by atoms with Crippen molar-refractivity contribution < 1.29 is 4.74 Å². The molecule has 2 saturated heterocycles. The Bertz CT molecular complexity index is 199. The lowest BCUT2D eigenvalue weighted by Crippen LogP contribution is -2.51. The number of ether oxygens (including phenoxy) is 1. The van der Waals surface area contributed by atoms with Gasteiger partial charge in [0.15, 0.2) is 0 Å². The monoisotopic (exact) mass is 196 g/mol. The van der Waals surface area contributed by atoms with Crippen LogP contribution in [0.25, 0.3) is 0 Å². The molecule has 3 fully saturated rings. The molecule has 2 aliphatic heterocycles. The van der Waals surface area contributed by atoms with Gasteiger partial charge in [-0.05, 0) is 25.2 Å². The van der Waals surface area contributed by atoms with Crippen LogP contribution < -0.4 is 5.32 Å². The van der Waals surface area contributed by atoms with Gasteiger partial charge < -0.3 is 10.1 Å². The number of piperazine rings is 1. The SMILES string of the molecule is C1CN(C2CCOC2C2CC2)CCN1. The van der Waals surface area contributed by atoms with Crippen LogP contribution in [0, 0.1) is 5.92 Å². The summed E-state index contributed by atoms with van der Waals surface area (Å²) in [4.78, 5) is 2.65. The number of hydrogen-bond acceptors (Lipinski definition) is 3. The van der Waals surface area contributed by atoms with E-state index < -0.39 is 0 Å². The molecular formula is C11H20N2O. The summed E-state index contributed by atoms with van der Waals surface area (Å²) in [5.41, 5.74) is 0. The van der Waals surface area contributed by atoms with Gasteiger partial charge in [-0.25, -0.2) is 0 Å². The van der Waals surface area contributed by atoms with Crippen molar-refractivity contribution in [3.8, 4) is 0 Å². The van der Waals surface area contributed by atoms with E-state index in [-0.39, 0.29) is 0 Å². The van der Waals surface area contributed by atoms with E-state index in [9.17, 15) is 0 Å². The normalized spacial score (nSPS) is 40.3. The summed E-state index contributed by atoms with van der Waals surface area (Å²) in [6.45, 7) is 5.76. The van der Waals surface area contributed by atoms with Gasteiger partial charge in [0.1, 0.15) is 0 Å². The van der Waals surface area contributed by atoms with E-state index in [2.05, 4.69) is 10.2 Å². The lowest BCUT2D eigenvalue weighted by Gasteiger charge is -2.35. The van der Waals surface area contributed by atoms with E-state index in [0.29, 0.717) is 6.10 Å². The second kappa shape index (κ2) is 3.80. The standard InChI is InChI=1S/C11H20N2O/c1-2-9(1)11-10(3-8-14-11)13-6-4-12-5-7-13/h9-12H,1-8H2. The highest BCUT2D eigenvalue weighted by molar-refractivity contribution is 4.95. The second-order valence-corrected chi connectivity index (χ2v) is 4.81. The molecule has 0 aromatic heterocycles. The fourth-order valence-electron chi connectivity index (χ4n) is 2.88. The van der Waals surface area contributed by atoms with Gasteiger partial charge in [-0.1, -0.05) is 0 Å². The molecule has 2 unspecified atom stereocenters. The van der Waals surface area contributed by atoms with Crippen LogP contribution in [-0.4, -0.2) is 49.8 Å².